The van der Waals surface area contributed by atoms with E-state index >= 15 is 0 Å². The number of hydrogen-bond acceptors (Lipinski definition) is 4. The molecule has 4 nitrogen and oxygen atoms in total. The van der Waals surface area contributed by atoms with E-state index in [2.05, 4.69) is 4.74 Å². The van der Waals surface area contributed by atoms with Crippen LogP contribution in [-0.2, 0) is 9.53 Å². The summed E-state index contributed by atoms with van der Waals surface area (Å²) in [7, 11) is 1.08. The molecule has 0 amide bonds. The largest absolute Gasteiger partial charge is 0.507 e. The zero-order valence-electron chi connectivity index (χ0n) is 9.28. The molecule has 0 saturated heterocycles. The number of aliphatic hydroxyl groups excluding tert-OH is 1. The van der Waals surface area contributed by atoms with Gasteiger partial charge in [-0.15, -0.1) is 0 Å². The van der Waals surface area contributed by atoms with E-state index in [0.717, 1.165) is 13.2 Å². The van der Waals surface area contributed by atoms with E-state index in [1.807, 2.05) is 0 Å². The number of phenols is 1. The van der Waals surface area contributed by atoms with Gasteiger partial charge in [0.2, 0.25) is 0 Å². The van der Waals surface area contributed by atoms with Crippen LogP contribution in [0.25, 0.3) is 0 Å². The highest BCUT2D eigenvalue weighted by Crippen LogP contribution is 2.33. The van der Waals surface area contributed by atoms with Gasteiger partial charge >= 0.3 is 5.97 Å². The van der Waals surface area contributed by atoms with Gasteiger partial charge in [0.15, 0.2) is 6.10 Å². The summed E-state index contributed by atoms with van der Waals surface area (Å²) < 4.78 is 29.5. The highest BCUT2D eigenvalue weighted by molar-refractivity contribution is 5.76. The second-order valence-electron chi connectivity index (χ2n) is 3.50. The third kappa shape index (κ3) is 2.71. The average molecular weight is 246 g/mol. The van der Waals surface area contributed by atoms with E-state index in [4.69, 9.17) is 0 Å². The number of carbonyl (C=O) groups excluding carboxylic acids is 1. The molecule has 6 heteroatoms. The molecule has 0 fully saturated rings. The van der Waals surface area contributed by atoms with Crippen molar-refractivity contribution in [3.63, 3.8) is 0 Å². The van der Waals surface area contributed by atoms with Crippen LogP contribution in [0.1, 0.15) is 29.2 Å². The number of carbonyl (C=O) groups is 1. The maximum atomic E-state index is 12.6. The topological polar surface area (TPSA) is 66.8 Å². The van der Waals surface area contributed by atoms with Crippen LogP contribution in [0.5, 0.6) is 5.75 Å². The van der Waals surface area contributed by atoms with Gasteiger partial charge in [-0.2, -0.15) is 0 Å². The van der Waals surface area contributed by atoms with Crippen molar-refractivity contribution < 1.29 is 28.5 Å². The van der Waals surface area contributed by atoms with E-state index < -0.39 is 29.8 Å². The number of methoxy groups -OCH3 is 1. The normalized spacial score (nSPS) is 12.6. The fraction of sp³-hybridized carbons (Fsp3) is 0.364. The van der Waals surface area contributed by atoms with Crippen molar-refractivity contribution in [2.45, 2.75) is 19.5 Å². The Labute approximate surface area is 96.5 Å². The minimum absolute atomic E-state index is 0.0394. The molecule has 1 aromatic rings. The maximum absolute atomic E-state index is 12.6. The Balaban J connectivity index is 3.23. The molecular formula is C11H12F2O4. The summed E-state index contributed by atoms with van der Waals surface area (Å²) in [6.07, 6.45) is -4.53. The van der Waals surface area contributed by atoms with Gasteiger partial charge in [-0.1, -0.05) is 0 Å². The number of esters is 1. The van der Waals surface area contributed by atoms with Crippen LogP contribution in [0.2, 0.25) is 0 Å². The average Bonchev–Trinajstić information content (AvgIpc) is 2.30. The predicted octanol–water partition coefficient (Wildman–Crippen LogP) is 1.84. The first-order valence-corrected chi connectivity index (χ1v) is 4.76. The predicted molar refractivity (Wildman–Crippen MR) is 54.8 cm³/mol. The molecule has 94 valence electrons. The third-order valence-electron chi connectivity index (χ3n) is 2.33. The number of alkyl halides is 2. The third-order valence-corrected chi connectivity index (χ3v) is 2.33. The lowest BCUT2D eigenvalue weighted by Gasteiger charge is -2.13. The Morgan fingerprint density at radius 1 is 1.41 bits per heavy atom. The van der Waals surface area contributed by atoms with Gasteiger partial charge in [-0.3, -0.25) is 0 Å². The van der Waals surface area contributed by atoms with E-state index in [1.54, 1.807) is 0 Å². The van der Waals surface area contributed by atoms with Crippen LogP contribution in [0.15, 0.2) is 12.1 Å². The molecular weight excluding hydrogens is 234 g/mol. The second kappa shape index (κ2) is 5.09. The highest BCUT2D eigenvalue weighted by Gasteiger charge is 2.23. The van der Waals surface area contributed by atoms with E-state index in [9.17, 15) is 23.8 Å². The molecule has 0 radical (unpaired) electrons. The monoisotopic (exact) mass is 246 g/mol. The fourth-order valence-electron chi connectivity index (χ4n) is 1.41. The number of aliphatic hydroxyl groups is 1. The van der Waals surface area contributed by atoms with Crippen molar-refractivity contribution in [2.75, 3.05) is 7.11 Å². The van der Waals surface area contributed by atoms with E-state index in [0.29, 0.717) is 0 Å². The van der Waals surface area contributed by atoms with Gasteiger partial charge < -0.3 is 14.9 Å². The van der Waals surface area contributed by atoms with E-state index in [-0.39, 0.29) is 11.1 Å². The molecule has 2 N–H and O–H groups in total. The first kappa shape index (κ1) is 13.4. The molecule has 0 heterocycles. The first-order valence-electron chi connectivity index (χ1n) is 4.76. The molecule has 0 bridgehead atoms. The quantitative estimate of drug-likeness (QED) is 0.799. The summed E-state index contributed by atoms with van der Waals surface area (Å²) in [6.45, 7) is 1.40. The Kier molecular flexibility index (Phi) is 4.01. The van der Waals surface area contributed by atoms with Crippen LogP contribution < -0.4 is 0 Å². The molecule has 1 rings (SSSR count). The Bertz CT molecular complexity index is 432. The lowest BCUT2D eigenvalue weighted by Crippen LogP contribution is -2.14. The standard InChI is InChI=1S/C11H12F2O4/c1-5-3-6(9(15)11(16)17-2)4-7(8(5)14)10(12)13/h3-4,9-10,14-15H,1-2H3. The summed E-state index contributed by atoms with van der Waals surface area (Å²) in [6, 6.07) is 2.14. The molecule has 1 unspecified atom stereocenters. The van der Waals surface area contributed by atoms with Crippen molar-refractivity contribution in [2.24, 2.45) is 0 Å². The van der Waals surface area contributed by atoms with Crippen LogP contribution in [-0.4, -0.2) is 23.3 Å². The molecule has 0 aromatic heterocycles. The van der Waals surface area contributed by atoms with Gasteiger partial charge in [0, 0.05) is 0 Å². The van der Waals surface area contributed by atoms with Gasteiger partial charge in [0.1, 0.15) is 5.75 Å². The summed E-state index contributed by atoms with van der Waals surface area (Å²) in [4.78, 5) is 11.1. The molecule has 0 aliphatic rings. The Morgan fingerprint density at radius 2 is 2.00 bits per heavy atom. The number of halogens is 2. The minimum atomic E-state index is -2.89. The number of ether oxygens (including phenoxy) is 1. The first-order chi connectivity index (χ1) is 7.88. The highest BCUT2D eigenvalue weighted by atomic mass is 19.3. The minimum Gasteiger partial charge on any atom is -0.507 e. The van der Waals surface area contributed by atoms with Gasteiger partial charge in [-0.25, -0.2) is 13.6 Å². The van der Waals surface area contributed by atoms with Gasteiger partial charge in [0.25, 0.3) is 6.43 Å². The van der Waals surface area contributed by atoms with E-state index in [1.165, 1.54) is 13.0 Å². The van der Waals surface area contributed by atoms with Crippen molar-refractivity contribution >= 4 is 5.97 Å². The SMILES string of the molecule is COC(=O)C(O)c1cc(C)c(O)c(C(F)F)c1. The zero-order chi connectivity index (χ0) is 13.2. The molecule has 1 aromatic carbocycles. The number of phenolic OH excluding ortho intramolecular Hbond substituents is 1. The molecule has 0 saturated carbocycles. The van der Waals surface area contributed by atoms with Crippen LogP contribution >= 0.6 is 0 Å². The molecule has 0 spiro atoms. The van der Waals surface area contributed by atoms with Crippen LogP contribution in [0.3, 0.4) is 0 Å². The second-order valence-corrected chi connectivity index (χ2v) is 3.50. The zero-order valence-corrected chi connectivity index (χ0v) is 9.28. The summed E-state index contributed by atoms with van der Waals surface area (Å²) in [5, 5.41) is 18.9. The number of hydrogen-bond donors (Lipinski definition) is 2. The summed E-state index contributed by atoms with van der Waals surface area (Å²) >= 11 is 0. The van der Waals surface area contributed by atoms with Crippen molar-refractivity contribution in [1.29, 1.82) is 0 Å². The summed E-state index contributed by atoms with van der Waals surface area (Å²) in [5.41, 5.74) is -0.508. The number of benzene rings is 1. The fourth-order valence-corrected chi connectivity index (χ4v) is 1.41. The van der Waals surface area contributed by atoms with Gasteiger partial charge in [0.05, 0.1) is 12.7 Å². The van der Waals surface area contributed by atoms with Crippen molar-refractivity contribution in [3.8, 4) is 5.75 Å². The number of rotatable bonds is 3. The molecule has 17 heavy (non-hydrogen) atoms. The van der Waals surface area contributed by atoms with Crippen molar-refractivity contribution in [3.05, 3.63) is 28.8 Å². The van der Waals surface area contributed by atoms with Crippen molar-refractivity contribution in [1.82, 2.24) is 0 Å². The molecule has 0 aliphatic carbocycles. The summed E-state index contributed by atoms with van der Waals surface area (Å²) in [5.74, 6) is -1.49. The maximum Gasteiger partial charge on any atom is 0.339 e. The Hall–Kier alpha value is -1.69. The molecule has 0 aliphatic heterocycles. The lowest BCUT2D eigenvalue weighted by molar-refractivity contribution is -0.150. The van der Waals surface area contributed by atoms with Crippen LogP contribution in [0, 0.1) is 6.92 Å². The Morgan fingerprint density at radius 3 is 2.47 bits per heavy atom. The number of aromatic hydroxyl groups is 1. The smallest absolute Gasteiger partial charge is 0.339 e. The number of aryl methyl sites for hydroxylation is 1. The van der Waals surface area contributed by atoms with Crippen LogP contribution in [0.4, 0.5) is 8.78 Å². The van der Waals surface area contributed by atoms with Gasteiger partial charge in [-0.05, 0) is 30.2 Å². The molecule has 1 atom stereocenters. The lowest BCUT2D eigenvalue weighted by atomic mass is 10.0.